The van der Waals surface area contributed by atoms with Crippen LogP contribution in [0.3, 0.4) is 0 Å². The van der Waals surface area contributed by atoms with E-state index in [1.807, 2.05) is 0 Å². The summed E-state index contributed by atoms with van der Waals surface area (Å²) in [5.41, 5.74) is 4.10. The highest BCUT2D eigenvalue weighted by Gasteiger charge is 2.21. The van der Waals surface area contributed by atoms with Crippen molar-refractivity contribution in [1.82, 2.24) is 0 Å². The molecule has 0 saturated heterocycles. The van der Waals surface area contributed by atoms with E-state index in [1.165, 1.54) is 145 Å². The number of hydrogen-bond acceptors (Lipinski definition) is 1. The summed E-state index contributed by atoms with van der Waals surface area (Å²) >= 11 is 0. The Kier molecular flexibility index (Phi) is 14.0. The third-order valence-corrected chi connectivity index (χ3v) is 10.4. The van der Waals surface area contributed by atoms with Crippen molar-refractivity contribution >= 4 is 0 Å². The average molecular weight is 545 g/mol. The summed E-state index contributed by atoms with van der Waals surface area (Å²) in [6.45, 7) is 5.48. The van der Waals surface area contributed by atoms with Crippen LogP contribution in [0.2, 0.25) is 0 Å². The van der Waals surface area contributed by atoms with Crippen molar-refractivity contribution in [2.45, 2.75) is 142 Å². The first kappa shape index (κ1) is 31.2. The van der Waals surface area contributed by atoms with Crippen molar-refractivity contribution in [3.05, 3.63) is 54.1 Å². The van der Waals surface area contributed by atoms with Gasteiger partial charge < -0.3 is 4.74 Å². The van der Waals surface area contributed by atoms with Crippen molar-refractivity contribution in [2.24, 2.45) is 23.7 Å². The largest absolute Gasteiger partial charge is 0.494 e. The fourth-order valence-corrected chi connectivity index (χ4v) is 7.52. The van der Waals surface area contributed by atoms with Crippen LogP contribution in [0.4, 0.5) is 0 Å². The van der Waals surface area contributed by atoms with Crippen molar-refractivity contribution < 1.29 is 4.74 Å². The number of aryl methyl sites for hydroxylation is 1. The average Bonchev–Trinajstić information content (AvgIpc) is 3.00. The predicted molar refractivity (Wildman–Crippen MR) is 174 cm³/mol. The zero-order valence-corrected chi connectivity index (χ0v) is 26.2. The first-order valence-electron chi connectivity index (χ1n) is 17.6. The quantitative estimate of drug-likeness (QED) is 0.180. The molecule has 0 spiro atoms. The topological polar surface area (TPSA) is 9.23 Å². The molecule has 0 atom stereocenters. The molecule has 2 aromatic rings. The maximum atomic E-state index is 6.11. The second-order valence-electron chi connectivity index (χ2n) is 13.5. The van der Waals surface area contributed by atoms with Crippen LogP contribution < -0.4 is 4.74 Å². The number of hydrogen-bond donors (Lipinski definition) is 0. The molecule has 0 radical (unpaired) electrons. The van der Waals surface area contributed by atoms with Crippen LogP contribution in [0.1, 0.15) is 141 Å². The van der Waals surface area contributed by atoms with E-state index in [4.69, 9.17) is 4.74 Å². The van der Waals surface area contributed by atoms with E-state index in [0.717, 1.165) is 36.0 Å². The minimum absolute atomic E-state index is 0.852. The molecule has 1 heteroatoms. The summed E-state index contributed by atoms with van der Waals surface area (Å²) in [6.07, 6.45) is 28.3. The number of ether oxygens (including phenoxy) is 1. The number of benzene rings is 2. The molecule has 0 aliphatic heterocycles. The Morgan fingerprint density at radius 1 is 0.500 bits per heavy atom. The fourth-order valence-electron chi connectivity index (χ4n) is 7.52. The number of unbranched alkanes of at least 4 members (excludes halogenated alkanes) is 4. The molecule has 0 aromatic heterocycles. The second kappa shape index (κ2) is 17.9. The summed E-state index contributed by atoms with van der Waals surface area (Å²) in [5.74, 6) is 4.94. The molecule has 1 nitrogen and oxygen atoms in total. The minimum atomic E-state index is 0.852. The highest BCUT2D eigenvalue weighted by atomic mass is 16.5. The van der Waals surface area contributed by atoms with Gasteiger partial charge in [0.2, 0.25) is 0 Å². The third-order valence-electron chi connectivity index (χ3n) is 10.4. The highest BCUT2D eigenvalue weighted by Crippen LogP contribution is 2.35. The van der Waals surface area contributed by atoms with Crippen molar-refractivity contribution in [3.8, 4) is 16.9 Å². The van der Waals surface area contributed by atoms with Crippen molar-refractivity contribution in [3.63, 3.8) is 0 Å². The van der Waals surface area contributed by atoms with E-state index in [1.54, 1.807) is 0 Å². The molecule has 222 valence electrons. The highest BCUT2D eigenvalue weighted by molar-refractivity contribution is 5.64. The maximum Gasteiger partial charge on any atom is 0.119 e. The molecule has 0 unspecified atom stereocenters. The van der Waals surface area contributed by atoms with Crippen LogP contribution in [-0.4, -0.2) is 6.61 Å². The summed E-state index contributed by atoms with van der Waals surface area (Å²) in [7, 11) is 0. The zero-order chi connectivity index (χ0) is 27.8. The lowest BCUT2D eigenvalue weighted by atomic mass is 9.78. The molecule has 2 fully saturated rings. The van der Waals surface area contributed by atoms with Crippen LogP contribution in [0, 0.1) is 23.7 Å². The van der Waals surface area contributed by atoms with E-state index >= 15 is 0 Å². The van der Waals surface area contributed by atoms with Crippen LogP contribution in [0.25, 0.3) is 11.1 Å². The molecular weight excluding hydrogens is 484 g/mol. The van der Waals surface area contributed by atoms with Gasteiger partial charge in [0.05, 0.1) is 6.61 Å². The van der Waals surface area contributed by atoms with Crippen LogP contribution in [0.15, 0.2) is 48.5 Å². The van der Waals surface area contributed by atoms with Gasteiger partial charge in [-0.3, -0.25) is 0 Å². The van der Waals surface area contributed by atoms with Gasteiger partial charge in [-0.1, -0.05) is 153 Å². The maximum absolute atomic E-state index is 6.11. The Balaban J connectivity index is 1.09. The van der Waals surface area contributed by atoms with E-state index < -0.39 is 0 Å². The molecule has 2 saturated carbocycles. The van der Waals surface area contributed by atoms with E-state index in [0.29, 0.717) is 0 Å². The van der Waals surface area contributed by atoms with E-state index in [9.17, 15) is 0 Å². The predicted octanol–water partition coefficient (Wildman–Crippen LogP) is 12.2. The van der Waals surface area contributed by atoms with Gasteiger partial charge in [0, 0.05) is 0 Å². The molecule has 40 heavy (non-hydrogen) atoms. The summed E-state index contributed by atoms with van der Waals surface area (Å²) in [4.78, 5) is 0. The van der Waals surface area contributed by atoms with Gasteiger partial charge in [0.25, 0.3) is 0 Å². The number of rotatable bonds is 17. The summed E-state index contributed by atoms with van der Waals surface area (Å²) < 4.78 is 6.11. The molecule has 0 N–H and O–H groups in total. The summed E-state index contributed by atoms with van der Waals surface area (Å²) in [5, 5.41) is 0. The molecule has 2 aliphatic carbocycles. The van der Waals surface area contributed by atoms with Crippen LogP contribution in [0.5, 0.6) is 5.75 Å². The van der Waals surface area contributed by atoms with Gasteiger partial charge in [-0.25, -0.2) is 0 Å². The lowest BCUT2D eigenvalue weighted by Gasteiger charge is -2.28. The van der Waals surface area contributed by atoms with Gasteiger partial charge in [-0.2, -0.15) is 0 Å². The fraction of sp³-hybridized carbons (Fsp3) is 0.692. The van der Waals surface area contributed by atoms with Crippen molar-refractivity contribution in [2.75, 3.05) is 6.61 Å². The molecule has 2 aliphatic rings. The third kappa shape index (κ3) is 10.9. The Hall–Kier alpha value is -1.76. The summed E-state index contributed by atoms with van der Waals surface area (Å²) in [6, 6.07) is 18.1. The minimum Gasteiger partial charge on any atom is -0.494 e. The van der Waals surface area contributed by atoms with Gasteiger partial charge in [-0.05, 0) is 78.2 Å². The molecule has 0 bridgehead atoms. The lowest BCUT2D eigenvalue weighted by molar-refractivity contribution is 0.228. The van der Waals surface area contributed by atoms with Gasteiger partial charge in [0.1, 0.15) is 5.75 Å². The SMILES string of the molecule is CCCCCC1CCC(CCCOc2ccc(-c3ccc(CCC4CCC(CCCCC)CC4)cc3)cc2)CC1. The van der Waals surface area contributed by atoms with Crippen LogP contribution >= 0.6 is 0 Å². The lowest BCUT2D eigenvalue weighted by Crippen LogP contribution is -2.15. The Labute approximate surface area is 247 Å². The zero-order valence-electron chi connectivity index (χ0n) is 26.2. The Morgan fingerprint density at radius 2 is 0.925 bits per heavy atom. The first-order chi connectivity index (χ1) is 19.7. The monoisotopic (exact) mass is 544 g/mol. The van der Waals surface area contributed by atoms with Crippen molar-refractivity contribution in [1.29, 1.82) is 0 Å². The van der Waals surface area contributed by atoms with Gasteiger partial charge >= 0.3 is 0 Å². The van der Waals surface area contributed by atoms with E-state index in [2.05, 4.69) is 62.4 Å². The molecule has 2 aromatic carbocycles. The van der Waals surface area contributed by atoms with Gasteiger partial charge in [-0.15, -0.1) is 0 Å². The van der Waals surface area contributed by atoms with Crippen LogP contribution in [-0.2, 0) is 6.42 Å². The normalized spacial score (nSPS) is 23.2. The Morgan fingerprint density at radius 3 is 1.40 bits per heavy atom. The standard InChI is InChI=1S/C39H60O/c1-3-5-7-10-32-13-15-34(16-14-32)12-9-31-40-39-29-27-38(28-30-39)37-25-23-36(24-26-37)22-21-35-19-17-33(18-20-35)11-8-6-4-2/h23-30,32-35H,3-22,31H2,1-2H3. The molecule has 0 amide bonds. The van der Waals surface area contributed by atoms with Gasteiger partial charge in [0.15, 0.2) is 0 Å². The van der Waals surface area contributed by atoms with E-state index in [-0.39, 0.29) is 0 Å². The molecular formula is C39H60O. The first-order valence-corrected chi connectivity index (χ1v) is 17.6. The second-order valence-corrected chi connectivity index (χ2v) is 13.5. The molecule has 4 rings (SSSR count). The smallest absolute Gasteiger partial charge is 0.119 e. The molecule has 0 heterocycles. The Bertz CT molecular complexity index is 897.